The first-order valence-corrected chi connectivity index (χ1v) is 6.76. The van der Waals surface area contributed by atoms with Crippen LogP contribution in [-0.2, 0) is 11.3 Å². The summed E-state index contributed by atoms with van der Waals surface area (Å²) in [7, 11) is 2.08. The van der Waals surface area contributed by atoms with Crippen molar-refractivity contribution in [2.24, 2.45) is 5.41 Å². The zero-order valence-electron chi connectivity index (χ0n) is 10.4. The minimum atomic E-state index is -0.162. The number of hydrogen-bond donors (Lipinski definition) is 0. The Morgan fingerprint density at radius 1 is 1.44 bits per heavy atom. The van der Waals surface area contributed by atoms with Crippen molar-refractivity contribution >= 4 is 17.6 Å². The molecule has 1 aromatic rings. The van der Waals surface area contributed by atoms with E-state index in [1.165, 1.54) is 5.56 Å². The Morgan fingerprint density at radius 2 is 2.12 bits per heavy atom. The zero-order valence-corrected chi connectivity index (χ0v) is 11.2. The van der Waals surface area contributed by atoms with Gasteiger partial charge >= 0.3 is 0 Å². The van der Waals surface area contributed by atoms with E-state index in [0.717, 1.165) is 32.2 Å². The molecule has 0 aliphatic rings. The van der Waals surface area contributed by atoms with Crippen molar-refractivity contribution in [1.82, 2.24) is 4.90 Å². The molecule has 0 N–H and O–H groups in total. The molecule has 90 valence electrons. The SMILES string of the molecule is CCC(C=O)(CC)CN(C)Cc1ccsc1. The second-order valence-electron chi connectivity index (χ2n) is 4.49. The molecule has 1 heterocycles. The van der Waals surface area contributed by atoms with Gasteiger partial charge in [-0.1, -0.05) is 13.8 Å². The van der Waals surface area contributed by atoms with Crippen LogP contribution >= 0.6 is 11.3 Å². The van der Waals surface area contributed by atoms with E-state index in [9.17, 15) is 4.79 Å². The topological polar surface area (TPSA) is 20.3 Å². The first kappa shape index (κ1) is 13.4. The molecule has 0 saturated heterocycles. The standard InChI is InChI=1S/C13H21NOS/c1-4-13(5-2,11-15)10-14(3)8-12-6-7-16-9-12/h6-7,9,11H,4-5,8,10H2,1-3H3. The predicted molar refractivity (Wildman–Crippen MR) is 69.7 cm³/mol. The number of thiophene rings is 1. The number of rotatable bonds is 7. The van der Waals surface area contributed by atoms with Gasteiger partial charge in [-0.2, -0.15) is 11.3 Å². The van der Waals surface area contributed by atoms with Gasteiger partial charge in [-0.15, -0.1) is 0 Å². The van der Waals surface area contributed by atoms with E-state index in [-0.39, 0.29) is 5.41 Å². The lowest BCUT2D eigenvalue weighted by atomic mass is 9.83. The maximum Gasteiger partial charge on any atom is 0.127 e. The van der Waals surface area contributed by atoms with Crippen LogP contribution in [0.25, 0.3) is 0 Å². The monoisotopic (exact) mass is 239 g/mol. The normalized spacial score (nSPS) is 12.0. The summed E-state index contributed by atoms with van der Waals surface area (Å²) in [5.41, 5.74) is 1.17. The summed E-state index contributed by atoms with van der Waals surface area (Å²) in [6, 6.07) is 2.14. The summed E-state index contributed by atoms with van der Waals surface area (Å²) in [4.78, 5) is 13.4. The highest BCUT2D eigenvalue weighted by Gasteiger charge is 2.26. The zero-order chi connectivity index (χ0) is 12.0. The van der Waals surface area contributed by atoms with Crippen LogP contribution in [0.2, 0.25) is 0 Å². The summed E-state index contributed by atoms with van der Waals surface area (Å²) in [6.07, 6.45) is 2.97. The molecule has 1 aromatic heterocycles. The van der Waals surface area contributed by atoms with E-state index in [0.29, 0.717) is 0 Å². The molecule has 0 aromatic carbocycles. The van der Waals surface area contributed by atoms with Crippen molar-refractivity contribution in [2.75, 3.05) is 13.6 Å². The van der Waals surface area contributed by atoms with Crippen molar-refractivity contribution in [3.8, 4) is 0 Å². The Morgan fingerprint density at radius 3 is 2.56 bits per heavy atom. The minimum absolute atomic E-state index is 0.162. The van der Waals surface area contributed by atoms with E-state index in [1.807, 2.05) is 0 Å². The number of nitrogens with zero attached hydrogens (tertiary/aromatic N) is 1. The molecule has 2 nitrogen and oxygen atoms in total. The largest absolute Gasteiger partial charge is 0.303 e. The molecule has 3 heteroatoms. The lowest BCUT2D eigenvalue weighted by molar-refractivity contribution is -0.117. The van der Waals surface area contributed by atoms with Gasteiger partial charge < -0.3 is 9.69 Å². The third-order valence-corrected chi connectivity index (χ3v) is 4.01. The van der Waals surface area contributed by atoms with Gasteiger partial charge in [-0.05, 0) is 42.3 Å². The van der Waals surface area contributed by atoms with Crippen LogP contribution in [0.5, 0.6) is 0 Å². The van der Waals surface area contributed by atoms with E-state index >= 15 is 0 Å². The van der Waals surface area contributed by atoms with E-state index < -0.39 is 0 Å². The van der Waals surface area contributed by atoms with Crippen LogP contribution < -0.4 is 0 Å². The van der Waals surface area contributed by atoms with Crippen molar-refractivity contribution in [3.05, 3.63) is 22.4 Å². The van der Waals surface area contributed by atoms with Gasteiger partial charge in [0.15, 0.2) is 0 Å². The van der Waals surface area contributed by atoms with E-state index in [1.54, 1.807) is 11.3 Å². The molecule has 0 aliphatic carbocycles. The quantitative estimate of drug-likeness (QED) is 0.681. The smallest absolute Gasteiger partial charge is 0.127 e. The molecular weight excluding hydrogens is 218 g/mol. The molecule has 0 aliphatic heterocycles. The molecule has 1 rings (SSSR count). The molecule has 0 amide bonds. The van der Waals surface area contributed by atoms with E-state index in [4.69, 9.17) is 0 Å². The first-order valence-electron chi connectivity index (χ1n) is 5.81. The predicted octanol–water partition coefficient (Wildman–Crippen LogP) is 3.19. The maximum absolute atomic E-state index is 11.2. The van der Waals surface area contributed by atoms with Crippen molar-refractivity contribution < 1.29 is 4.79 Å². The fourth-order valence-electron chi connectivity index (χ4n) is 1.97. The number of carbonyl (C=O) groups is 1. The Hall–Kier alpha value is -0.670. The summed E-state index contributed by atoms with van der Waals surface area (Å²) >= 11 is 1.72. The van der Waals surface area contributed by atoms with Crippen LogP contribution in [0.15, 0.2) is 16.8 Å². The molecule has 16 heavy (non-hydrogen) atoms. The molecule has 0 spiro atoms. The highest BCUT2D eigenvalue weighted by Crippen LogP contribution is 2.25. The number of aldehydes is 1. The van der Waals surface area contributed by atoms with Gasteiger partial charge in [0.05, 0.1) is 0 Å². The third kappa shape index (κ3) is 3.42. The molecular formula is C13H21NOS. The molecule has 0 atom stereocenters. The lowest BCUT2D eigenvalue weighted by Gasteiger charge is -2.30. The van der Waals surface area contributed by atoms with Crippen LogP contribution in [0.4, 0.5) is 0 Å². The highest BCUT2D eigenvalue weighted by atomic mass is 32.1. The van der Waals surface area contributed by atoms with Crippen molar-refractivity contribution in [1.29, 1.82) is 0 Å². The summed E-state index contributed by atoms with van der Waals surface area (Å²) in [6.45, 7) is 5.96. The Balaban J connectivity index is 2.55. The highest BCUT2D eigenvalue weighted by molar-refractivity contribution is 7.07. The van der Waals surface area contributed by atoms with Crippen LogP contribution in [0.3, 0.4) is 0 Å². The van der Waals surface area contributed by atoms with Crippen LogP contribution in [0.1, 0.15) is 32.3 Å². The molecule has 0 saturated carbocycles. The second-order valence-corrected chi connectivity index (χ2v) is 5.27. The van der Waals surface area contributed by atoms with Gasteiger partial charge in [0.25, 0.3) is 0 Å². The average molecular weight is 239 g/mol. The maximum atomic E-state index is 11.2. The first-order chi connectivity index (χ1) is 7.65. The van der Waals surface area contributed by atoms with Gasteiger partial charge in [-0.3, -0.25) is 0 Å². The van der Waals surface area contributed by atoms with Gasteiger partial charge in [0.1, 0.15) is 6.29 Å². The Kier molecular flexibility index (Phi) is 5.16. The molecule has 0 fully saturated rings. The van der Waals surface area contributed by atoms with Crippen LogP contribution in [0, 0.1) is 5.41 Å². The van der Waals surface area contributed by atoms with Crippen LogP contribution in [-0.4, -0.2) is 24.8 Å². The van der Waals surface area contributed by atoms with Gasteiger partial charge in [0.2, 0.25) is 0 Å². The summed E-state index contributed by atoms with van der Waals surface area (Å²) in [5, 5.41) is 4.26. The summed E-state index contributed by atoms with van der Waals surface area (Å²) in [5.74, 6) is 0. The molecule has 0 radical (unpaired) electrons. The summed E-state index contributed by atoms with van der Waals surface area (Å²) < 4.78 is 0. The van der Waals surface area contributed by atoms with Crippen molar-refractivity contribution in [3.63, 3.8) is 0 Å². The Bertz CT molecular complexity index is 304. The number of carbonyl (C=O) groups excluding carboxylic acids is 1. The van der Waals surface area contributed by atoms with E-state index in [2.05, 4.69) is 42.6 Å². The minimum Gasteiger partial charge on any atom is -0.303 e. The fourth-order valence-corrected chi connectivity index (χ4v) is 2.63. The second kappa shape index (κ2) is 6.16. The van der Waals surface area contributed by atoms with Crippen molar-refractivity contribution in [2.45, 2.75) is 33.2 Å². The Labute approximate surface area is 102 Å². The molecule has 0 bridgehead atoms. The number of hydrogen-bond acceptors (Lipinski definition) is 3. The van der Waals surface area contributed by atoms with Gasteiger partial charge in [0, 0.05) is 18.5 Å². The molecule has 0 unspecified atom stereocenters. The lowest BCUT2D eigenvalue weighted by Crippen LogP contribution is -2.35. The fraction of sp³-hybridized carbons (Fsp3) is 0.615. The average Bonchev–Trinajstić information content (AvgIpc) is 2.79. The van der Waals surface area contributed by atoms with Gasteiger partial charge in [-0.25, -0.2) is 0 Å². The third-order valence-electron chi connectivity index (χ3n) is 3.28.